The molecule has 0 aliphatic rings. The number of para-hydroxylation sites is 1. The quantitative estimate of drug-likeness (QED) is 0.723. The van der Waals surface area contributed by atoms with Crippen LogP contribution >= 0.6 is 0 Å². The Bertz CT molecular complexity index is 866. The summed E-state index contributed by atoms with van der Waals surface area (Å²) in [5.74, 6) is -0.322. The highest BCUT2D eigenvalue weighted by Gasteiger charge is 2.12. The topological polar surface area (TPSA) is 98.1 Å². The van der Waals surface area contributed by atoms with Crippen LogP contribution in [0, 0.1) is 0 Å². The molecule has 0 radical (unpaired) electrons. The molecule has 0 aliphatic heterocycles. The van der Waals surface area contributed by atoms with Gasteiger partial charge >= 0.3 is 5.97 Å². The molecule has 6 nitrogen and oxygen atoms in total. The zero-order valence-corrected chi connectivity index (χ0v) is 11.8. The lowest BCUT2D eigenvalue weighted by Crippen LogP contribution is -2.11. The summed E-state index contributed by atoms with van der Waals surface area (Å²) in [6.45, 7) is 0. The average Bonchev–Trinajstić information content (AvgIpc) is 2.98. The highest BCUT2D eigenvalue weighted by Crippen LogP contribution is 2.23. The second-order valence-electron chi connectivity index (χ2n) is 4.72. The van der Waals surface area contributed by atoms with Crippen molar-refractivity contribution >= 4 is 22.9 Å². The molecule has 2 aromatic carbocycles. The normalized spacial score (nSPS) is 10.6. The standard InChI is InChI=1S/C16H13N3O3/c1-22-16(21)10-7-5-9(6-8-10)15-18-12-4-2-3-11(14(17)20)13(12)19-15/h2-8H,1H3,(H2,17,20)(H,18,19). The van der Waals surface area contributed by atoms with Gasteiger partial charge in [0.1, 0.15) is 11.3 Å². The molecule has 0 unspecified atom stereocenters. The molecule has 1 amide bonds. The second-order valence-corrected chi connectivity index (χ2v) is 4.72. The van der Waals surface area contributed by atoms with Gasteiger partial charge in [0.25, 0.3) is 5.91 Å². The molecule has 0 bridgehead atoms. The van der Waals surface area contributed by atoms with Gasteiger partial charge in [-0.05, 0) is 24.3 Å². The van der Waals surface area contributed by atoms with Gasteiger partial charge in [0.15, 0.2) is 0 Å². The molecule has 3 aromatic rings. The van der Waals surface area contributed by atoms with Crippen LogP contribution in [0.5, 0.6) is 0 Å². The predicted molar refractivity (Wildman–Crippen MR) is 81.4 cm³/mol. The van der Waals surface area contributed by atoms with Crippen LogP contribution in [0.3, 0.4) is 0 Å². The van der Waals surface area contributed by atoms with Crippen molar-refractivity contribution in [1.82, 2.24) is 9.97 Å². The van der Waals surface area contributed by atoms with E-state index in [0.717, 1.165) is 11.1 Å². The number of hydrogen-bond acceptors (Lipinski definition) is 4. The van der Waals surface area contributed by atoms with Gasteiger partial charge < -0.3 is 15.5 Å². The lowest BCUT2D eigenvalue weighted by atomic mass is 10.1. The molecular formula is C16H13N3O3. The summed E-state index contributed by atoms with van der Waals surface area (Å²) in [6, 6.07) is 12.0. The van der Waals surface area contributed by atoms with E-state index in [0.29, 0.717) is 22.5 Å². The monoisotopic (exact) mass is 295 g/mol. The lowest BCUT2D eigenvalue weighted by molar-refractivity contribution is 0.0600. The number of nitrogens with two attached hydrogens (primary N) is 1. The summed E-state index contributed by atoms with van der Waals surface area (Å²) in [5, 5.41) is 0. The number of carbonyl (C=O) groups excluding carboxylic acids is 2. The smallest absolute Gasteiger partial charge is 0.337 e. The zero-order chi connectivity index (χ0) is 15.7. The third kappa shape index (κ3) is 2.31. The van der Waals surface area contributed by atoms with Crippen LogP contribution in [0.25, 0.3) is 22.4 Å². The Balaban J connectivity index is 2.05. The van der Waals surface area contributed by atoms with Gasteiger partial charge in [0.05, 0.1) is 23.8 Å². The van der Waals surface area contributed by atoms with Gasteiger partial charge in [-0.25, -0.2) is 9.78 Å². The molecule has 0 aliphatic carbocycles. The van der Waals surface area contributed by atoms with E-state index >= 15 is 0 Å². The molecule has 1 heterocycles. The molecule has 6 heteroatoms. The van der Waals surface area contributed by atoms with Crippen molar-refractivity contribution in [2.75, 3.05) is 7.11 Å². The summed E-state index contributed by atoms with van der Waals surface area (Å²) in [4.78, 5) is 30.4. The van der Waals surface area contributed by atoms with Crippen molar-refractivity contribution in [1.29, 1.82) is 0 Å². The fourth-order valence-electron chi connectivity index (χ4n) is 2.25. The van der Waals surface area contributed by atoms with Crippen LogP contribution in [-0.2, 0) is 4.74 Å². The fourth-order valence-corrected chi connectivity index (χ4v) is 2.25. The third-order valence-electron chi connectivity index (χ3n) is 3.36. The van der Waals surface area contributed by atoms with E-state index in [4.69, 9.17) is 5.73 Å². The summed E-state index contributed by atoms with van der Waals surface area (Å²) < 4.78 is 4.66. The number of rotatable bonds is 3. The van der Waals surface area contributed by atoms with E-state index in [1.165, 1.54) is 7.11 Å². The van der Waals surface area contributed by atoms with Crippen LogP contribution in [0.2, 0.25) is 0 Å². The van der Waals surface area contributed by atoms with E-state index in [1.54, 1.807) is 36.4 Å². The molecule has 3 N–H and O–H groups in total. The summed E-state index contributed by atoms with van der Waals surface area (Å²) in [6.07, 6.45) is 0. The van der Waals surface area contributed by atoms with Gasteiger partial charge in [-0.15, -0.1) is 0 Å². The van der Waals surface area contributed by atoms with Gasteiger partial charge in [0, 0.05) is 5.56 Å². The lowest BCUT2D eigenvalue weighted by Gasteiger charge is -2.00. The molecule has 0 atom stereocenters. The first kappa shape index (κ1) is 13.8. The number of fused-ring (bicyclic) bond motifs is 1. The van der Waals surface area contributed by atoms with Crippen molar-refractivity contribution < 1.29 is 14.3 Å². The molecule has 22 heavy (non-hydrogen) atoms. The van der Waals surface area contributed by atoms with Crippen LogP contribution in [-0.4, -0.2) is 29.0 Å². The number of benzene rings is 2. The van der Waals surface area contributed by atoms with Gasteiger partial charge in [-0.3, -0.25) is 4.79 Å². The Kier molecular flexibility index (Phi) is 3.34. The number of aromatic amines is 1. The summed E-state index contributed by atoms with van der Waals surface area (Å²) in [7, 11) is 1.33. The van der Waals surface area contributed by atoms with Crippen molar-refractivity contribution in [2.24, 2.45) is 5.73 Å². The average molecular weight is 295 g/mol. The number of nitrogens with one attached hydrogen (secondary N) is 1. The van der Waals surface area contributed by atoms with Gasteiger partial charge in [0.2, 0.25) is 0 Å². The first-order valence-electron chi connectivity index (χ1n) is 6.57. The van der Waals surface area contributed by atoms with E-state index in [9.17, 15) is 9.59 Å². The van der Waals surface area contributed by atoms with E-state index in [2.05, 4.69) is 14.7 Å². The zero-order valence-electron chi connectivity index (χ0n) is 11.8. The number of aromatic nitrogens is 2. The Labute approximate surface area is 125 Å². The molecule has 110 valence electrons. The van der Waals surface area contributed by atoms with E-state index in [1.807, 2.05) is 6.07 Å². The Morgan fingerprint density at radius 2 is 1.86 bits per heavy atom. The number of amides is 1. The van der Waals surface area contributed by atoms with Crippen LogP contribution < -0.4 is 5.73 Å². The number of H-pyrrole nitrogens is 1. The van der Waals surface area contributed by atoms with E-state index < -0.39 is 11.9 Å². The van der Waals surface area contributed by atoms with Crippen LogP contribution in [0.4, 0.5) is 0 Å². The maximum Gasteiger partial charge on any atom is 0.337 e. The molecule has 0 fully saturated rings. The maximum atomic E-state index is 11.4. The summed E-state index contributed by atoms with van der Waals surface area (Å²) >= 11 is 0. The number of primary amides is 1. The molecule has 0 saturated carbocycles. The number of ether oxygens (including phenoxy) is 1. The van der Waals surface area contributed by atoms with E-state index in [-0.39, 0.29) is 0 Å². The van der Waals surface area contributed by atoms with Gasteiger partial charge in [-0.1, -0.05) is 18.2 Å². The Morgan fingerprint density at radius 1 is 1.14 bits per heavy atom. The molecular weight excluding hydrogens is 282 g/mol. The van der Waals surface area contributed by atoms with Crippen LogP contribution in [0.15, 0.2) is 42.5 Å². The molecule has 1 aromatic heterocycles. The third-order valence-corrected chi connectivity index (χ3v) is 3.36. The highest BCUT2D eigenvalue weighted by atomic mass is 16.5. The first-order chi connectivity index (χ1) is 10.6. The molecule has 0 saturated heterocycles. The number of esters is 1. The summed E-state index contributed by atoms with van der Waals surface area (Å²) in [5.41, 5.74) is 8.22. The first-order valence-corrected chi connectivity index (χ1v) is 6.57. The van der Waals surface area contributed by atoms with Crippen LogP contribution in [0.1, 0.15) is 20.7 Å². The number of hydrogen-bond donors (Lipinski definition) is 2. The number of carbonyl (C=O) groups is 2. The van der Waals surface area contributed by atoms with Crippen molar-refractivity contribution in [3.8, 4) is 11.4 Å². The Hall–Kier alpha value is -3.15. The minimum absolute atomic E-state index is 0.367. The van der Waals surface area contributed by atoms with Crippen molar-refractivity contribution in [2.45, 2.75) is 0 Å². The minimum atomic E-state index is -0.523. The number of imidazole rings is 1. The maximum absolute atomic E-state index is 11.4. The highest BCUT2D eigenvalue weighted by molar-refractivity contribution is 6.04. The fraction of sp³-hybridized carbons (Fsp3) is 0.0625. The largest absolute Gasteiger partial charge is 0.465 e. The SMILES string of the molecule is COC(=O)c1ccc(-c2nc3c(C(N)=O)cccc3[nH]2)cc1. The predicted octanol–water partition coefficient (Wildman–Crippen LogP) is 2.12. The minimum Gasteiger partial charge on any atom is -0.465 e. The van der Waals surface area contributed by atoms with Crippen molar-refractivity contribution in [3.63, 3.8) is 0 Å². The number of methoxy groups -OCH3 is 1. The molecule has 3 rings (SSSR count). The van der Waals surface area contributed by atoms with Crippen molar-refractivity contribution in [3.05, 3.63) is 53.6 Å². The van der Waals surface area contributed by atoms with Gasteiger partial charge in [-0.2, -0.15) is 0 Å². The number of nitrogens with zero attached hydrogens (tertiary/aromatic N) is 1. The Morgan fingerprint density at radius 3 is 2.50 bits per heavy atom. The molecule has 0 spiro atoms. The second kappa shape index (κ2) is 5.33.